The van der Waals surface area contributed by atoms with Crippen molar-refractivity contribution in [3.8, 4) is 6.07 Å². The van der Waals surface area contributed by atoms with Crippen LogP contribution in [0.5, 0.6) is 0 Å². The van der Waals surface area contributed by atoms with Crippen molar-refractivity contribution in [2.45, 2.75) is 11.8 Å². The third kappa shape index (κ3) is 3.18. The minimum absolute atomic E-state index is 0.0601. The first-order valence-electron chi connectivity index (χ1n) is 5.71. The number of benzene rings is 2. The van der Waals surface area contributed by atoms with Crippen molar-refractivity contribution in [3.05, 3.63) is 58.1 Å². The zero-order valence-corrected chi connectivity index (χ0v) is 13.0. The molecule has 4 nitrogen and oxygen atoms in total. The molecule has 0 aliphatic carbocycles. The van der Waals surface area contributed by atoms with E-state index in [0.29, 0.717) is 15.7 Å². The first-order valence-corrected chi connectivity index (χ1v) is 7.99. The Labute approximate surface area is 126 Å². The maximum absolute atomic E-state index is 12.3. The Morgan fingerprint density at radius 3 is 2.65 bits per heavy atom. The van der Waals surface area contributed by atoms with E-state index in [-0.39, 0.29) is 4.90 Å². The van der Waals surface area contributed by atoms with Crippen LogP contribution in [0.3, 0.4) is 0 Å². The van der Waals surface area contributed by atoms with Crippen LogP contribution in [0.25, 0.3) is 0 Å². The fourth-order valence-electron chi connectivity index (χ4n) is 1.65. The maximum atomic E-state index is 12.3. The van der Waals surface area contributed by atoms with Gasteiger partial charge in [-0.25, -0.2) is 8.42 Å². The number of nitrogens with zero attached hydrogens (tertiary/aromatic N) is 1. The van der Waals surface area contributed by atoms with Crippen LogP contribution in [-0.4, -0.2) is 8.42 Å². The van der Waals surface area contributed by atoms with Gasteiger partial charge in [-0.2, -0.15) is 5.26 Å². The topological polar surface area (TPSA) is 70.0 Å². The van der Waals surface area contributed by atoms with Gasteiger partial charge in [-0.15, -0.1) is 0 Å². The lowest BCUT2D eigenvalue weighted by molar-refractivity contribution is 0.601. The Morgan fingerprint density at radius 1 is 1.20 bits per heavy atom. The minimum atomic E-state index is -3.72. The molecule has 0 unspecified atom stereocenters. The second-order valence-corrected chi connectivity index (χ2v) is 6.77. The van der Waals surface area contributed by atoms with Crippen molar-refractivity contribution in [1.29, 1.82) is 5.26 Å². The normalized spacial score (nSPS) is 10.8. The average molecular weight is 351 g/mol. The summed E-state index contributed by atoms with van der Waals surface area (Å²) in [6.45, 7) is 1.88. The summed E-state index contributed by atoms with van der Waals surface area (Å²) in [5.74, 6) is 0. The van der Waals surface area contributed by atoms with Gasteiger partial charge in [-0.3, -0.25) is 4.72 Å². The second kappa shape index (κ2) is 5.65. The Kier molecular flexibility index (Phi) is 4.12. The highest BCUT2D eigenvalue weighted by Gasteiger charge is 2.16. The molecule has 2 aromatic carbocycles. The van der Waals surface area contributed by atoms with Gasteiger partial charge in [0.15, 0.2) is 0 Å². The summed E-state index contributed by atoms with van der Waals surface area (Å²) in [5.41, 5.74) is 1.71. The monoisotopic (exact) mass is 350 g/mol. The van der Waals surface area contributed by atoms with Crippen molar-refractivity contribution < 1.29 is 8.42 Å². The maximum Gasteiger partial charge on any atom is 0.261 e. The van der Waals surface area contributed by atoms with E-state index >= 15 is 0 Å². The number of hydrogen-bond acceptors (Lipinski definition) is 3. The van der Waals surface area contributed by atoms with Crippen LogP contribution in [0.15, 0.2) is 51.8 Å². The number of rotatable bonds is 3. The summed E-state index contributed by atoms with van der Waals surface area (Å²) >= 11 is 3.30. The zero-order valence-electron chi connectivity index (χ0n) is 10.6. The minimum Gasteiger partial charge on any atom is -0.278 e. The third-order valence-corrected chi connectivity index (χ3v) is 4.69. The molecule has 20 heavy (non-hydrogen) atoms. The predicted octanol–water partition coefficient (Wildman–Crippen LogP) is 3.43. The molecule has 1 N–H and O–H groups in total. The Hall–Kier alpha value is -1.84. The number of hydrogen-bond donors (Lipinski definition) is 1. The van der Waals surface area contributed by atoms with Crippen LogP contribution in [0.4, 0.5) is 5.69 Å². The van der Waals surface area contributed by atoms with Crippen molar-refractivity contribution in [3.63, 3.8) is 0 Å². The van der Waals surface area contributed by atoms with Gasteiger partial charge in [0.05, 0.1) is 22.2 Å². The van der Waals surface area contributed by atoms with E-state index in [0.717, 1.165) is 5.56 Å². The van der Waals surface area contributed by atoms with E-state index in [1.807, 2.05) is 19.1 Å². The number of anilines is 1. The summed E-state index contributed by atoms with van der Waals surface area (Å²) in [6.07, 6.45) is 0. The van der Waals surface area contributed by atoms with Crippen LogP contribution < -0.4 is 4.72 Å². The molecule has 0 aliphatic heterocycles. The largest absolute Gasteiger partial charge is 0.278 e. The molecule has 2 aromatic rings. The Balaban J connectivity index is 2.41. The van der Waals surface area contributed by atoms with E-state index in [1.165, 1.54) is 12.1 Å². The van der Waals surface area contributed by atoms with Crippen LogP contribution in [0, 0.1) is 18.3 Å². The fourth-order valence-corrected chi connectivity index (χ4v) is 3.25. The summed E-state index contributed by atoms with van der Waals surface area (Å²) < 4.78 is 27.8. The predicted molar refractivity (Wildman–Crippen MR) is 80.8 cm³/mol. The smallest absolute Gasteiger partial charge is 0.261 e. The summed E-state index contributed by atoms with van der Waals surface area (Å²) in [6, 6.07) is 13.2. The van der Waals surface area contributed by atoms with Gasteiger partial charge in [-0.1, -0.05) is 12.1 Å². The lowest BCUT2D eigenvalue weighted by Crippen LogP contribution is -2.13. The Bertz CT molecular complexity index is 795. The molecule has 0 heterocycles. The molecule has 0 spiro atoms. The van der Waals surface area contributed by atoms with Crippen LogP contribution in [-0.2, 0) is 10.0 Å². The first kappa shape index (κ1) is 14.6. The van der Waals surface area contributed by atoms with Crippen LogP contribution in [0.2, 0.25) is 0 Å². The summed E-state index contributed by atoms with van der Waals surface area (Å²) in [7, 11) is -3.72. The molecule has 0 aliphatic rings. The Morgan fingerprint density at radius 2 is 1.95 bits per heavy atom. The van der Waals surface area contributed by atoms with Gasteiger partial charge in [0.1, 0.15) is 0 Å². The average Bonchev–Trinajstić information content (AvgIpc) is 2.43. The molecule has 6 heteroatoms. The molecule has 0 bridgehead atoms. The van der Waals surface area contributed by atoms with E-state index in [9.17, 15) is 8.42 Å². The fraction of sp³-hybridized carbons (Fsp3) is 0.0714. The van der Waals surface area contributed by atoms with Gasteiger partial charge in [0.25, 0.3) is 10.0 Å². The van der Waals surface area contributed by atoms with Crippen molar-refractivity contribution >= 4 is 31.6 Å². The number of nitrogens with one attached hydrogen (secondary N) is 1. The van der Waals surface area contributed by atoms with E-state index < -0.39 is 10.0 Å². The highest BCUT2D eigenvalue weighted by atomic mass is 79.9. The highest BCUT2D eigenvalue weighted by molar-refractivity contribution is 9.10. The van der Waals surface area contributed by atoms with E-state index in [2.05, 4.69) is 20.7 Å². The van der Waals surface area contributed by atoms with Crippen molar-refractivity contribution in [2.24, 2.45) is 0 Å². The molecule has 0 aromatic heterocycles. The number of halogens is 1. The molecule has 0 saturated heterocycles. The highest BCUT2D eigenvalue weighted by Crippen LogP contribution is 2.26. The van der Waals surface area contributed by atoms with Crippen molar-refractivity contribution in [1.82, 2.24) is 0 Å². The summed E-state index contributed by atoms with van der Waals surface area (Å²) in [5, 5.41) is 8.83. The molecule has 0 fully saturated rings. The van der Waals surface area contributed by atoms with E-state index in [4.69, 9.17) is 5.26 Å². The second-order valence-electron chi connectivity index (χ2n) is 4.23. The summed E-state index contributed by atoms with van der Waals surface area (Å²) in [4.78, 5) is 0.0601. The first-order chi connectivity index (χ1) is 9.42. The molecule has 0 saturated carbocycles. The van der Waals surface area contributed by atoms with Crippen molar-refractivity contribution in [2.75, 3.05) is 4.72 Å². The third-order valence-electron chi connectivity index (χ3n) is 2.64. The molecule has 102 valence electrons. The van der Waals surface area contributed by atoms with Gasteiger partial charge in [0, 0.05) is 4.47 Å². The SMILES string of the molecule is Cc1ccc(Br)c(NS(=O)(=O)c2cccc(C#N)c2)c1. The van der Waals surface area contributed by atoms with Gasteiger partial charge in [0.2, 0.25) is 0 Å². The lowest BCUT2D eigenvalue weighted by Gasteiger charge is -2.10. The number of sulfonamides is 1. The van der Waals surface area contributed by atoms with Crippen LogP contribution in [0.1, 0.15) is 11.1 Å². The standard InChI is InChI=1S/C14H11BrN2O2S/c1-10-5-6-13(15)14(7-10)17-20(18,19)12-4-2-3-11(8-12)9-16/h2-8,17H,1H3. The van der Waals surface area contributed by atoms with Gasteiger partial charge < -0.3 is 0 Å². The molecule has 0 amide bonds. The van der Waals surface area contributed by atoms with E-state index in [1.54, 1.807) is 24.3 Å². The van der Waals surface area contributed by atoms with Crippen LogP contribution >= 0.6 is 15.9 Å². The molecule has 2 rings (SSSR count). The van der Waals surface area contributed by atoms with Gasteiger partial charge >= 0.3 is 0 Å². The lowest BCUT2D eigenvalue weighted by atomic mass is 10.2. The molecule has 0 radical (unpaired) electrons. The molecular weight excluding hydrogens is 340 g/mol. The molecular formula is C14H11BrN2O2S. The zero-order chi connectivity index (χ0) is 14.8. The number of nitriles is 1. The quantitative estimate of drug-likeness (QED) is 0.921. The van der Waals surface area contributed by atoms with Gasteiger partial charge in [-0.05, 0) is 58.7 Å². The molecule has 0 atom stereocenters. The number of aryl methyl sites for hydroxylation is 1.